The van der Waals surface area contributed by atoms with Crippen LogP contribution in [0.15, 0.2) is 72.8 Å². The fourth-order valence-corrected chi connectivity index (χ4v) is 4.15. The Bertz CT molecular complexity index is 1600. The van der Waals surface area contributed by atoms with Crippen LogP contribution in [0.25, 0.3) is 17.3 Å². The smallest absolute Gasteiger partial charge is 0.318 e. The molecule has 0 aliphatic rings. The zero-order valence-corrected chi connectivity index (χ0v) is 20.5. The van der Waals surface area contributed by atoms with Gasteiger partial charge in [-0.05, 0) is 79.6 Å². The molecule has 0 aliphatic heterocycles. The minimum atomic E-state index is -0.725. The Morgan fingerprint density at radius 1 is 1.00 bits per heavy atom. The lowest BCUT2D eigenvalue weighted by Crippen LogP contribution is -1.99. The Kier molecular flexibility index (Phi) is 7.04. The van der Waals surface area contributed by atoms with Gasteiger partial charge in [-0.3, -0.25) is 20.2 Å². The van der Waals surface area contributed by atoms with E-state index in [9.17, 15) is 25.5 Å². The van der Waals surface area contributed by atoms with E-state index in [1.165, 1.54) is 6.07 Å². The number of nitrogens with zero attached hydrogens (tertiary/aromatic N) is 4. The molecule has 0 aliphatic carbocycles. The zero-order chi connectivity index (χ0) is 26.7. The third-order valence-electron chi connectivity index (χ3n) is 5.70. The first-order valence-electron chi connectivity index (χ1n) is 11.0. The molecular formula is C27H19ClN4O5. The summed E-state index contributed by atoms with van der Waals surface area (Å²) in [6.45, 7) is 3.89. The van der Waals surface area contributed by atoms with E-state index < -0.39 is 21.2 Å². The van der Waals surface area contributed by atoms with Crippen LogP contribution in [0.2, 0.25) is 5.02 Å². The summed E-state index contributed by atoms with van der Waals surface area (Å²) in [4.78, 5) is 20.9. The van der Waals surface area contributed by atoms with Gasteiger partial charge in [-0.25, -0.2) is 0 Å². The number of rotatable bonds is 7. The second-order valence-electron chi connectivity index (χ2n) is 8.10. The van der Waals surface area contributed by atoms with Crippen LogP contribution >= 0.6 is 11.6 Å². The van der Waals surface area contributed by atoms with Crippen LogP contribution in [0.5, 0.6) is 11.5 Å². The Morgan fingerprint density at radius 2 is 1.73 bits per heavy atom. The minimum Gasteiger partial charge on any atom is -0.450 e. The fourth-order valence-electron chi connectivity index (χ4n) is 3.96. The monoisotopic (exact) mass is 514 g/mol. The van der Waals surface area contributed by atoms with Crippen LogP contribution in [-0.4, -0.2) is 14.4 Å². The number of nitriles is 1. The summed E-state index contributed by atoms with van der Waals surface area (Å²) in [5, 5.41) is 32.6. The Morgan fingerprint density at radius 3 is 2.35 bits per heavy atom. The minimum absolute atomic E-state index is 0.103. The Hall–Kier alpha value is -4.94. The van der Waals surface area contributed by atoms with Gasteiger partial charge < -0.3 is 9.30 Å². The number of aryl methyl sites for hydroxylation is 1. The first kappa shape index (κ1) is 25.2. The number of benzene rings is 3. The summed E-state index contributed by atoms with van der Waals surface area (Å²) in [5.41, 5.74) is 3.85. The molecule has 10 heteroatoms. The van der Waals surface area contributed by atoms with E-state index >= 15 is 0 Å². The average molecular weight is 515 g/mol. The van der Waals surface area contributed by atoms with Crippen molar-refractivity contribution in [1.29, 1.82) is 5.26 Å². The largest absolute Gasteiger partial charge is 0.450 e. The van der Waals surface area contributed by atoms with Crippen LogP contribution in [0.3, 0.4) is 0 Å². The molecule has 1 aromatic heterocycles. The summed E-state index contributed by atoms with van der Waals surface area (Å²) in [6.07, 6.45) is 1.82. The van der Waals surface area contributed by atoms with Crippen LogP contribution in [0.4, 0.5) is 11.4 Å². The van der Waals surface area contributed by atoms with Crippen LogP contribution in [0.1, 0.15) is 22.5 Å². The molecule has 184 valence electrons. The lowest BCUT2D eigenvalue weighted by Gasteiger charge is -2.11. The fraction of sp³-hybridized carbons (Fsp3) is 0.0741. The first-order chi connectivity index (χ1) is 17.7. The van der Waals surface area contributed by atoms with Crippen molar-refractivity contribution in [2.75, 3.05) is 0 Å². The summed E-state index contributed by atoms with van der Waals surface area (Å²) in [7, 11) is 0. The predicted octanol–water partition coefficient (Wildman–Crippen LogP) is 7.42. The van der Waals surface area contributed by atoms with Crippen molar-refractivity contribution in [2.45, 2.75) is 13.8 Å². The maximum absolute atomic E-state index is 11.4. The van der Waals surface area contributed by atoms with E-state index in [1.54, 1.807) is 42.5 Å². The summed E-state index contributed by atoms with van der Waals surface area (Å²) < 4.78 is 7.67. The van der Waals surface area contributed by atoms with Crippen molar-refractivity contribution in [3.8, 4) is 23.3 Å². The van der Waals surface area contributed by atoms with Crippen LogP contribution in [-0.2, 0) is 0 Å². The average Bonchev–Trinajstić information content (AvgIpc) is 3.15. The van der Waals surface area contributed by atoms with Crippen molar-refractivity contribution in [3.63, 3.8) is 0 Å². The van der Waals surface area contributed by atoms with E-state index in [-0.39, 0.29) is 5.75 Å². The van der Waals surface area contributed by atoms with Crippen molar-refractivity contribution in [2.24, 2.45) is 0 Å². The van der Waals surface area contributed by atoms with E-state index in [0.29, 0.717) is 16.3 Å². The lowest BCUT2D eigenvalue weighted by atomic mass is 10.0. The Balaban J connectivity index is 1.63. The second kappa shape index (κ2) is 10.4. The number of nitro benzene ring substituents is 2. The highest BCUT2D eigenvalue weighted by Crippen LogP contribution is 2.35. The highest BCUT2D eigenvalue weighted by Gasteiger charge is 2.21. The number of nitro groups is 2. The molecule has 1 heterocycles. The number of aromatic nitrogens is 1. The molecule has 0 saturated heterocycles. The van der Waals surface area contributed by atoms with E-state index in [0.717, 1.165) is 40.3 Å². The van der Waals surface area contributed by atoms with Crippen molar-refractivity contribution in [3.05, 3.63) is 121 Å². The van der Waals surface area contributed by atoms with Gasteiger partial charge in [0.2, 0.25) is 5.75 Å². The predicted molar refractivity (Wildman–Crippen MR) is 140 cm³/mol. The van der Waals surface area contributed by atoms with Gasteiger partial charge in [-0.1, -0.05) is 23.7 Å². The molecule has 4 rings (SSSR count). The van der Waals surface area contributed by atoms with E-state index in [1.807, 2.05) is 36.6 Å². The molecule has 0 spiro atoms. The van der Waals surface area contributed by atoms with Crippen LogP contribution in [0, 0.1) is 45.4 Å². The van der Waals surface area contributed by atoms with Gasteiger partial charge in [0, 0.05) is 28.2 Å². The lowest BCUT2D eigenvalue weighted by molar-refractivity contribution is -0.394. The van der Waals surface area contributed by atoms with Crippen LogP contribution < -0.4 is 4.74 Å². The molecule has 4 aromatic rings. The summed E-state index contributed by atoms with van der Waals surface area (Å²) in [6, 6.07) is 21.4. The van der Waals surface area contributed by atoms with E-state index in [4.69, 9.17) is 16.3 Å². The second-order valence-corrected chi connectivity index (χ2v) is 8.54. The third-order valence-corrected chi connectivity index (χ3v) is 5.93. The maximum Gasteiger partial charge on any atom is 0.318 e. The molecule has 0 fully saturated rings. The van der Waals surface area contributed by atoms with Gasteiger partial charge in [0.05, 0.1) is 27.6 Å². The molecule has 0 radical (unpaired) electrons. The van der Waals surface area contributed by atoms with Crippen molar-refractivity contribution in [1.82, 2.24) is 4.57 Å². The number of ether oxygens (including phenoxy) is 1. The SMILES string of the molecule is Cc1cc(/C=C(/C#N)c2cccc(Cl)c2)c(C)n1-c1ccc(Oc2ccc([N+](=O)[O-])cc2[N+](=O)[O-])cc1. The molecule has 0 bridgehead atoms. The third kappa shape index (κ3) is 5.34. The molecule has 0 N–H and O–H groups in total. The van der Waals surface area contributed by atoms with Gasteiger partial charge >= 0.3 is 5.69 Å². The normalized spacial score (nSPS) is 11.1. The van der Waals surface area contributed by atoms with Crippen molar-refractivity contribution >= 4 is 34.6 Å². The highest BCUT2D eigenvalue weighted by atomic mass is 35.5. The van der Waals surface area contributed by atoms with E-state index in [2.05, 4.69) is 6.07 Å². The number of hydrogen-bond acceptors (Lipinski definition) is 6. The number of non-ortho nitro benzene ring substituents is 1. The maximum atomic E-state index is 11.4. The molecule has 0 amide bonds. The topological polar surface area (TPSA) is 124 Å². The number of hydrogen-bond donors (Lipinski definition) is 0. The molecule has 9 nitrogen and oxygen atoms in total. The number of halogens is 1. The molecule has 3 aromatic carbocycles. The summed E-state index contributed by atoms with van der Waals surface area (Å²) >= 11 is 6.09. The summed E-state index contributed by atoms with van der Waals surface area (Å²) in [5.74, 6) is 0.227. The first-order valence-corrected chi connectivity index (χ1v) is 11.3. The molecular weight excluding hydrogens is 496 g/mol. The molecule has 0 saturated carbocycles. The molecule has 0 atom stereocenters. The van der Waals surface area contributed by atoms with Gasteiger partial charge in [0.25, 0.3) is 5.69 Å². The van der Waals surface area contributed by atoms with Crippen molar-refractivity contribution < 1.29 is 14.6 Å². The number of allylic oxidation sites excluding steroid dienone is 1. The van der Waals surface area contributed by atoms with Gasteiger partial charge in [0.1, 0.15) is 5.75 Å². The standard InChI is InChI=1S/C27H19ClN4O5/c1-17-12-20(13-21(16-29)19-4-3-5-22(28)14-19)18(2)30(17)23-6-9-25(10-7-23)37-27-11-8-24(31(33)34)15-26(27)32(35)36/h3-15H,1-2H3/b21-13-. The molecule has 37 heavy (non-hydrogen) atoms. The van der Waals surface area contributed by atoms with Gasteiger partial charge in [-0.2, -0.15) is 5.26 Å². The zero-order valence-electron chi connectivity index (χ0n) is 19.7. The van der Waals surface area contributed by atoms with Gasteiger partial charge in [-0.15, -0.1) is 0 Å². The molecule has 0 unspecified atom stereocenters. The highest BCUT2D eigenvalue weighted by molar-refractivity contribution is 6.30. The van der Waals surface area contributed by atoms with Gasteiger partial charge in [0.15, 0.2) is 0 Å². The quantitative estimate of drug-likeness (QED) is 0.143. The Labute approximate surface area is 216 Å².